The minimum atomic E-state index is -0.0270. The zero-order valence-corrected chi connectivity index (χ0v) is 10.8. The Morgan fingerprint density at radius 2 is 2.13 bits per heavy atom. The van der Waals surface area contributed by atoms with Crippen molar-refractivity contribution in [2.24, 2.45) is 0 Å². The summed E-state index contributed by atoms with van der Waals surface area (Å²) in [4.78, 5) is 2.54. The van der Waals surface area contributed by atoms with Gasteiger partial charge in [-0.2, -0.15) is 0 Å². The molecule has 1 saturated heterocycles. The fourth-order valence-electron chi connectivity index (χ4n) is 2.27. The van der Waals surface area contributed by atoms with Crippen LogP contribution in [-0.2, 0) is 4.74 Å². The molecule has 1 heterocycles. The molecule has 3 nitrogen and oxygen atoms in total. The lowest BCUT2D eigenvalue weighted by Gasteiger charge is -2.41. The van der Waals surface area contributed by atoms with Gasteiger partial charge in [-0.3, -0.25) is 4.90 Å². The maximum atomic E-state index is 5.48. The third-order valence-corrected chi connectivity index (χ3v) is 3.56. The van der Waals surface area contributed by atoms with E-state index in [1.165, 1.54) is 19.4 Å². The van der Waals surface area contributed by atoms with Crippen LogP contribution in [0, 0.1) is 0 Å². The highest BCUT2D eigenvalue weighted by molar-refractivity contribution is 4.85. The summed E-state index contributed by atoms with van der Waals surface area (Å²) in [7, 11) is 3.86. The summed E-state index contributed by atoms with van der Waals surface area (Å²) in [5.41, 5.74) is -0.0270. The molecule has 1 N–H and O–H groups in total. The zero-order valence-electron chi connectivity index (χ0n) is 10.8. The minimum absolute atomic E-state index is 0.0270. The van der Waals surface area contributed by atoms with E-state index in [1.807, 2.05) is 0 Å². The van der Waals surface area contributed by atoms with Gasteiger partial charge in [0.05, 0.1) is 5.60 Å². The Morgan fingerprint density at radius 1 is 1.47 bits per heavy atom. The lowest BCUT2D eigenvalue weighted by atomic mass is 9.96. The highest BCUT2D eigenvalue weighted by Crippen LogP contribution is 2.20. The van der Waals surface area contributed by atoms with Crippen LogP contribution in [0.5, 0.6) is 0 Å². The van der Waals surface area contributed by atoms with Gasteiger partial charge in [0.25, 0.3) is 0 Å². The highest BCUT2D eigenvalue weighted by Gasteiger charge is 2.29. The summed E-state index contributed by atoms with van der Waals surface area (Å²) in [5.74, 6) is 0. The Bertz CT molecular complexity index is 194. The Kier molecular flexibility index (Phi) is 4.56. The molecule has 2 atom stereocenters. The molecule has 1 aliphatic rings. The maximum absolute atomic E-state index is 5.48. The molecule has 0 spiro atoms. The SMILES string of the molecule is CNC1CCN(CC(C)(C)OC)C(C)C1. The summed E-state index contributed by atoms with van der Waals surface area (Å²) in [6.07, 6.45) is 2.50. The van der Waals surface area contributed by atoms with Gasteiger partial charge in [0.1, 0.15) is 0 Å². The normalized spacial score (nSPS) is 29.4. The lowest BCUT2D eigenvalue weighted by Crippen LogP contribution is -2.51. The number of likely N-dealkylation sites (tertiary alicyclic amines) is 1. The van der Waals surface area contributed by atoms with Gasteiger partial charge >= 0.3 is 0 Å². The van der Waals surface area contributed by atoms with Crippen LogP contribution in [0.2, 0.25) is 0 Å². The second-order valence-corrected chi connectivity index (χ2v) is 5.29. The number of piperidine rings is 1. The molecule has 3 heteroatoms. The van der Waals surface area contributed by atoms with Crippen LogP contribution in [0.3, 0.4) is 0 Å². The highest BCUT2D eigenvalue weighted by atomic mass is 16.5. The molecule has 0 aromatic carbocycles. The van der Waals surface area contributed by atoms with Crippen LogP contribution in [0.1, 0.15) is 33.6 Å². The van der Waals surface area contributed by atoms with Gasteiger partial charge in [0.2, 0.25) is 0 Å². The predicted molar refractivity (Wildman–Crippen MR) is 64.2 cm³/mol. The smallest absolute Gasteiger partial charge is 0.0749 e. The number of nitrogens with one attached hydrogen (secondary N) is 1. The molecule has 1 aliphatic heterocycles. The average molecular weight is 214 g/mol. The van der Waals surface area contributed by atoms with Gasteiger partial charge in [-0.25, -0.2) is 0 Å². The van der Waals surface area contributed by atoms with E-state index in [2.05, 4.69) is 38.0 Å². The first-order chi connectivity index (χ1) is 6.98. The third-order valence-electron chi connectivity index (χ3n) is 3.56. The van der Waals surface area contributed by atoms with Crippen LogP contribution < -0.4 is 5.32 Å². The van der Waals surface area contributed by atoms with Gasteiger partial charge in [-0.15, -0.1) is 0 Å². The first kappa shape index (κ1) is 12.9. The van der Waals surface area contributed by atoms with Crippen molar-refractivity contribution < 1.29 is 4.74 Å². The molecular weight excluding hydrogens is 188 g/mol. The maximum Gasteiger partial charge on any atom is 0.0749 e. The minimum Gasteiger partial charge on any atom is -0.377 e. The number of hydrogen-bond donors (Lipinski definition) is 1. The van der Waals surface area contributed by atoms with Crippen molar-refractivity contribution in [2.45, 2.75) is 51.3 Å². The summed E-state index contributed by atoms with van der Waals surface area (Å²) < 4.78 is 5.48. The van der Waals surface area contributed by atoms with Crippen molar-refractivity contribution in [1.82, 2.24) is 10.2 Å². The van der Waals surface area contributed by atoms with E-state index in [1.54, 1.807) is 7.11 Å². The molecule has 0 aromatic rings. The van der Waals surface area contributed by atoms with Gasteiger partial charge in [-0.1, -0.05) is 0 Å². The number of ether oxygens (including phenoxy) is 1. The molecule has 0 aliphatic carbocycles. The molecule has 0 bridgehead atoms. The molecule has 90 valence electrons. The average Bonchev–Trinajstić information content (AvgIpc) is 2.21. The molecule has 15 heavy (non-hydrogen) atoms. The Morgan fingerprint density at radius 3 is 2.60 bits per heavy atom. The zero-order chi connectivity index (χ0) is 11.5. The van der Waals surface area contributed by atoms with Crippen LogP contribution >= 0.6 is 0 Å². The second kappa shape index (κ2) is 5.28. The van der Waals surface area contributed by atoms with Crippen LogP contribution in [0.4, 0.5) is 0 Å². The summed E-state index contributed by atoms with van der Waals surface area (Å²) in [6.45, 7) is 8.84. The van der Waals surface area contributed by atoms with Crippen molar-refractivity contribution in [3.63, 3.8) is 0 Å². The largest absolute Gasteiger partial charge is 0.377 e. The van der Waals surface area contributed by atoms with Crippen molar-refractivity contribution in [2.75, 3.05) is 27.2 Å². The molecule has 1 rings (SSSR count). The van der Waals surface area contributed by atoms with Crippen molar-refractivity contribution in [1.29, 1.82) is 0 Å². The van der Waals surface area contributed by atoms with E-state index in [0.29, 0.717) is 12.1 Å². The van der Waals surface area contributed by atoms with Crippen LogP contribution in [0.15, 0.2) is 0 Å². The third kappa shape index (κ3) is 3.74. The number of rotatable bonds is 4. The Labute approximate surface area is 94.2 Å². The molecule has 0 saturated carbocycles. The van der Waals surface area contributed by atoms with Gasteiger partial charge in [-0.05, 0) is 40.7 Å². The molecule has 0 radical (unpaired) electrons. The first-order valence-corrected chi connectivity index (χ1v) is 5.95. The number of nitrogens with zero attached hydrogens (tertiary/aromatic N) is 1. The topological polar surface area (TPSA) is 24.5 Å². The monoisotopic (exact) mass is 214 g/mol. The molecule has 2 unspecified atom stereocenters. The fourth-order valence-corrected chi connectivity index (χ4v) is 2.27. The fraction of sp³-hybridized carbons (Fsp3) is 1.00. The van der Waals surface area contributed by atoms with Crippen LogP contribution in [0.25, 0.3) is 0 Å². The van der Waals surface area contributed by atoms with Gasteiger partial charge in [0, 0.05) is 32.3 Å². The molecular formula is C12H26N2O. The number of methoxy groups -OCH3 is 1. The van der Waals surface area contributed by atoms with E-state index in [0.717, 1.165) is 6.54 Å². The van der Waals surface area contributed by atoms with Gasteiger partial charge < -0.3 is 10.1 Å². The van der Waals surface area contributed by atoms with E-state index in [-0.39, 0.29) is 5.60 Å². The van der Waals surface area contributed by atoms with Crippen molar-refractivity contribution >= 4 is 0 Å². The van der Waals surface area contributed by atoms with E-state index in [4.69, 9.17) is 4.74 Å². The summed E-state index contributed by atoms with van der Waals surface area (Å²) >= 11 is 0. The Balaban J connectivity index is 2.44. The summed E-state index contributed by atoms with van der Waals surface area (Å²) in [5, 5.41) is 3.37. The Hall–Kier alpha value is -0.120. The second-order valence-electron chi connectivity index (χ2n) is 5.29. The lowest BCUT2D eigenvalue weighted by molar-refractivity contribution is -0.0247. The van der Waals surface area contributed by atoms with Crippen molar-refractivity contribution in [3.8, 4) is 0 Å². The molecule has 0 aromatic heterocycles. The van der Waals surface area contributed by atoms with E-state index >= 15 is 0 Å². The van der Waals surface area contributed by atoms with E-state index in [9.17, 15) is 0 Å². The van der Waals surface area contributed by atoms with Gasteiger partial charge in [0.15, 0.2) is 0 Å². The predicted octanol–water partition coefficient (Wildman–Crippen LogP) is 1.48. The summed E-state index contributed by atoms with van der Waals surface area (Å²) in [6, 6.07) is 1.35. The van der Waals surface area contributed by atoms with Crippen molar-refractivity contribution in [3.05, 3.63) is 0 Å². The first-order valence-electron chi connectivity index (χ1n) is 5.95. The molecule has 1 fully saturated rings. The quantitative estimate of drug-likeness (QED) is 0.767. The van der Waals surface area contributed by atoms with E-state index < -0.39 is 0 Å². The van der Waals surface area contributed by atoms with Crippen LogP contribution in [-0.4, -0.2) is 49.8 Å². The number of hydrogen-bond acceptors (Lipinski definition) is 3. The molecule has 0 amide bonds. The standard InChI is InChI=1S/C12H26N2O/c1-10-8-11(13-4)6-7-14(10)9-12(2,3)15-5/h10-11,13H,6-9H2,1-5H3.